The van der Waals surface area contributed by atoms with Gasteiger partial charge in [0.05, 0.1) is 0 Å². The molecule has 0 saturated heterocycles. The highest BCUT2D eigenvalue weighted by atomic mass is 15.0. The Morgan fingerprint density at radius 2 is 1.95 bits per heavy atom. The van der Waals surface area contributed by atoms with Gasteiger partial charge in [-0.25, -0.2) is 0 Å². The van der Waals surface area contributed by atoms with Crippen molar-refractivity contribution in [3.63, 3.8) is 0 Å². The third kappa shape index (κ3) is 3.18. The third-order valence-corrected chi connectivity index (χ3v) is 5.82. The fourth-order valence-corrected chi connectivity index (χ4v) is 4.55. The van der Waals surface area contributed by atoms with Crippen molar-refractivity contribution in [1.82, 2.24) is 5.32 Å². The zero-order chi connectivity index (χ0) is 15.0. The van der Waals surface area contributed by atoms with E-state index in [1.807, 2.05) is 0 Å². The van der Waals surface area contributed by atoms with Gasteiger partial charge in [-0.15, -0.1) is 0 Å². The summed E-state index contributed by atoms with van der Waals surface area (Å²) in [5.41, 5.74) is 4.55. The van der Waals surface area contributed by atoms with Crippen LogP contribution in [0.3, 0.4) is 0 Å². The van der Waals surface area contributed by atoms with Crippen molar-refractivity contribution in [2.75, 3.05) is 0 Å². The molecule has 0 bridgehead atoms. The highest BCUT2D eigenvalue weighted by Crippen LogP contribution is 2.38. The van der Waals surface area contributed by atoms with E-state index in [2.05, 4.69) is 51.2 Å². The fourth-order valence-electron chi connectivity index (χ4n) is 4.55. The number of rotatable bonds is 3. The molecule has 116 valence electrons. The van der Waals surface area contributed by atoms with Crippen LogP contribution in [0.5, 0.6) is 0 Å². The summed E-state index contributed by atoms with van der Waals surface area (Å²) in [7, 11) is 0. The van der Waals surface area contributed by atoms with E-state index >= 15 is 0 Å². The van der Waals surface area contributed by atoms with Gasteiger partial charge in [0.1, 0.15) is 0 Å². The molecule has 1 heteroatoms. The summed E-state index contributed by atoms with van der Waals surface area (Å²) >= 11 is 0. The molecule has 1 fully saturated rings. The van der Waals surface area contributed by atoms with E-state index in [4.69, 9.17) is 0 Å². The average Bonchev–Trinajstić information content (AvgIpc) is 2.81. The lowest BCUT2D eigenvalue weighted by atomic mass is 9.73. The molecule has 0 heterocycles. The predicted molar refractivity (Wildman–Crippen MR) is 90.5 cm³/mol. The molecule has 1 aromatic rings. The number of hydrogen-bond donors (Lipinski definition) is 1. The van der Waals surface area contributed by atoms with Crippen molar-refractivity contribution in [3.05, 3.63) is 34.9 Å². The van der Waals surface area contributed by atoms with Gasteiger partial charge < -0.3 is 5.32 Å². The molecule has 1 aromatic carbocycles. The Morgan fingerprint density at radius 1 is 1.14 bits per heavy atom. The first kappa shape index (κ1) is 15.1. The molecule has 0 aromatic heterocycles. The SMILES string of the molecule is Cc1ccc2c(c1)C(NC1CC(C)CCC1C(C)C)CC2. The monoisotopic (exact) mass is 285 g/mol. The summed E-state index contributed by atoms with van der Waals surface area (Å²) in [5.74, 6) is 2.54. The number of hydrogen-bond acceptors (Lipinski definition) is 1. The molecule has 4 unspecified atom stereocenters. The van der Waals surface area contributed by atoms with Crippen LogP contribution < -0.4 is 5.32 Å². The van der Waals surface area contributed by atoms with E-state index in [0.717, 1.165) is 17.8 Å². The van der Waals surface area contributed by atoms with E-state index in [-0.39, 0.29) is 0 Å². The van der Waals surface area contributed by atoms with E-state index in [1.165, 1.54) is 37.7 Å². The maximum atomic E-state index is 4.06. The zero-order valence-electron chi connectivity index (χ0n) is 14.2. The smallest absolute Gasteiger partial charge is 0.0328 e. The standard InChI is InChI=1S/C20H31N/c1-13(2)17-9-6-15(4)12-20(17)21-19-10-8-16-7-5-14(3)11-18(16)19/h5,7,11,13,15,17,19-21H,6,8-10,12H2,1-4H3. The summed E-state index contributed by atoms with van der Waals surface area (Å²) in [6, 6.07) is 8.33. The van der Waals surface area contributed by atoms with Gasteiger partial charge in [0.15, 0.2) is 0 Å². The lowest BCUT2D eigenvalue weighted by molar-refractivity contribution is 0.159. The lowest BCUT2D eigenvalue weighted by Gasteiger charge is -2.39. The van der Waals surface area contributed by atoms with Crippen LogP contribution >= 0.6 is 0 Å². The molecule has 4 atom stereocenters. The minimum atomic E-state index is 0.594. The van der Waals surface area contributed by atoms with Crippen LogP contribution in [0, 0.1) is 24.7 Å². The molecular weight excluding hydrogens is 254 g/mol. The van der Waals surface area contributed by atoms with Gasteiger partial charge in [-0.3, -0.25) is 0 Å². The van der Waals surface area contributed by atoms with Gasteiger partial charge in [0, 0.05) is 12.1 Å². The Labute approximate surface area is 130 Å². The molecule has 2 aliphatic carbocycles. The van der Waals surface area contributed by atoms with E-state index < -0.39 is 0 Å². The minimum Gasteiger partial charge on any atom is -0.307 e. The molecule has 1 N–H and O–H groups in total. The predicted octanol–water partition coefficient (Wildman–Crippen LogP) is 5.03. The summed E-state index contributed by atoms with van der Waals surface area (Å²) in [5, 5.41) is 4.06. The summed E-state index contributed by atoms with van der Waals surface area (Å²) < 4.78 is 0. The average molecular weight is 285 g/mol. The number of benzene rings is 1. The van der Waals surface area contributed by atoms with Crippen molar-refractivity contribution in [3.8, 4) is 0 Å². The van der Waals surface area contributed by atoms with Crippen LogP contribution in [0.4, 0.5) is 0 Å². The molecule has 0 aliphatic heterocycles. The summed E-state index contributed by atoms with van der Waals surface area (Å²) in [6.45, 7) is 9.46. The molecular formula is C20H31N. The highest BCUT2D eigenvalue weighted by molar-refractivity contribution is 5.37. The second-order valence-corrected chi connectivity index (χ2v) is 7.89. The van der Waals surface area contributed by atoms with Gasteiger partial charge in [0.25, 0.3) is 0 Å². The molecule has 2 aliphatic rings. The Bertz CT molecular complexity index is 491. The third-order valence-electron chi connectivity index (χ3n) is 5.82. The normalized spacial score (nSPS) is 32.4. The second-order valence-electron chi connectivity index (χ2n) is 7.89. The van der Waals surface area contributed by atoms with Crippen molar-refractivity contribution in [2.24, 2.45) is 17.8 Å². The topological polar surface area (TPSA) is 12.0 Å². The van der Waals surface area contributed by atoms with Crippen LogP contribution in [0.15, 0.2) is 18.2 Å². The van der Waals surface area contributed by atoms with E-state index in [9.17, 15) is 0 Å². The van der Waals surface area contributed by atoms with Crippen molar-refractivity contribution in [2.45, 2.75) is 71.9 Å². The molecule has 1 saturated carbocycles. The Kier molecular flexibility index (Phi) is 4.40. The number of fused-ring (bicyclic) bond motifs is 1. The Hall–Kier alpha value is -0.820. The Morgan fingerprint density at radius 3 is 2.71 bits per heavy atom. The van der Waals surface area contributed by atoms with E-state index in [0.29, 0.717) is 12.1 Å². The van der Waals surface area contributed by atoms with Gasteiger partial charge in [-0.2, -0.15) is 0 Å². The Balaban J connectivity index is 1.75. The van der Waals surface area contributed by atoms with Crippen LogP contribution in [0.2, 0.25) is 0 Å². The van der Waals surface area contributed by atoms with Crippen molar-refractivity contribution in [1.29, 1.82) is 0 Å². The summed E-state index contributed by atoms with van der Waals surface area (Å²) in [4.78, 5) is 0. The van der Waals surface area contributed by atoms with Gasteiger partial charge in [0.2, 0.25) is 0 Å². The summed E-state index contributed by atoms with van der Waals surface area (Å²) in [6.07, 6.45) is 6.72. The van der Waals surface area contributed by atoms with Gasteiger partial charge >= 0.3 is 0 Å². The van der Waals surface area contributed by atoms with Crippen molar-refractivity contribution >= 4 is 0 Å². The first-order valence-corrected chi connectivity index (χ1v) is 8.90. The van der Waals surface area contributed by atoms with E-state index in [1.54, 1.807) is 11.1 Å². The van der Waals surface area contributed by atoms with Crippen LogP contribution in [-0.4, -0.2) is 6.04 Å². The van der Waals surface area contributed by atoms with Gasteiger partial charge in [-0.1, -0.05) is 51.0 Å². The lowest BCUT2D eigenvalue weighted by Crippen LogP contribution is -2.44. The molecule has 21 heavy (non-hydrogen) atoms. The first-order valence-electron chi connectivity index (χ1n) is 8.90. The number of aryl methyl sites for hydroxylation is 2. The molecule has 0 spiro atoms. The van der Waals surface area contributed by atoms with Crippen LogP contribution in [0.1, 0.15) is 69.2 Å². The van der Waals surface area contributed by atoms with Gasteiger partial charge in [-0.05, 0) is 61.5 Å². The quantitative estimate of drug-likeness (QED) is 0.821. The fraction of sp³-hybridized carbons (Fsp3) is 0.700. The molecule has 0 amide bonds. The second kappa shape index (κ2) is 6.12. The maximum absolute atomic E-state index is 4.06. The highest BCUT2D eigenvalue weighted by Gasteiger charge is 2.33. The molecule has 1 nitrogen and oxygen atoms in total. The maximum Gasteiger partial charge on any atom is 0.0328 e. The largest absolute Gasteiger partial charge is 0.307 e. The minimum absolute atomic E-state index is 0.594. The zero-order valence-corrected chi connectivity index (χ0v) is 14.2. The molecule has 3 rings (SSSR count). The number of nitrogens with one attached hydrogen (secondary N) is 1. The van der Waals surface area contributed by atoms with Crippen LogP contribution in [0.25, 0.3) is 0 Å². The van der Waals surface area contributed by atoms with Crippen molar-refractivity contribution < 1.29 is 0 Å². The van der Waals surface area contributed by atoms with Crippen LogP contribution in [-0.2, 0) is 6.42 Å². The first-order chi connectivity index (χ1) is 10.0. The molecule has 0 radical (unpaired) electrons.